The average molecular weight is 306 g/mol. The quantitative estimate of drug-likeness (QED) is 0.219. The van der Waals surface area contributed by atoms with E-state index in [1.54, 1.807) is 6.08 Å². The number of hydrogen-bond donors (Lipinski definition) is 0. The molecule has 0 heterocycles. The summed E-state index contributed by atoms with van der Waals surface area (Å²) in [7, 11) is 0. The van der Waals surface area contributed by atoms with Crippen molar-refractivity contribution >= 4 is 38.4 Å². The summed E-state index contributed by atoms with van der Waals surface area (Å²) in [5.74, 6) is 0. The molecule has 0 nitrogen and oxygen atoms in total. The van der Waals surface area contributed by atoms with E-state index in [4.69, 9.17) is 0 Å². The van der Waals surface area contributed by atoms with Gasteiger partial charge in [-0.2, -0.15) is 0 Å². The highest BCUT2D eigenvalue weighted by atomic mass is 14.1. The van der Waals surface area contributed by atoms with Crippen molar-refractivity contribution < 1.29 is 0 Å². The van der Waals surface area contributed by atoms with Gasteiger partial charge in [0.2, 0.25) is 0 Å². The summed E-state index contributed by atoms with van der Waals surface area (Å²) in [6.45, 7) is 3.70. The van der Waals surface area contributed by atoms with Gasteiger partial charge in [0.15, 0.2) is 0 Å². The zero-order valence-corrected chi connectivity index (χ0v) is 13.4. The first kappa shape index (κ1) is 14.5. The molecule has 114 valence electrons. The van der Waals surface area contributed by atoms with Gasteiger partial charge < -0.3 is 0 Å². The minimum absolute atomic E-state index is 1.24. The van der Waals surface area contributed by atoms with E-state index in [2.05, 4.69) is 85.5 Å². The van der Waals surface area contributed by atoms with E-state index in [0.29, 0.717) is 0 Å². The molecule has 4 aromatic rings. The van der Waals surface area contributed by atoms with Gasteiger partial charge in [0.25, 0.3) is 0 Å². The normalized spacial score (nSPS) is 12.0. The Morgan fingerprint density at radius 3 is 2.21 bits per heavy atom. The average Bonchev–Trinajstić information content (AvgIpc) is 2.63. The van der Waals surface area contributed by atoms with Crippen LogP contribution in [0.2, 0.25) is 0 Å². The van der Waals surface area contributed by atoms with Gasteiger partial charge >= 0.3 is 0 Å². The Morgan fingerprint density at radius 2 is 1.38 bits per heavy atom. The van der Waals surface area contributed by atoms with Crippen LogP contribution < -0.4 is 0 Å². The SMILES string of the molecule is C=CC=CC=Cc1cccc2ccc3cc4ccccc4cc3c12. The standard InChI is InChI=1S/C24H18/c1-2-3-4-5-9-18-12-8-13-19-14-15-22-16-20-10-6-7-11-21(20)17-23(22)24(18)19/h2-17H,1H2. The summed E-state index contributed by atoms with van der Waals surface area (Å²) in [5.41, 5.74) is 1.24. The third-order valence-electron chi connectivity index (χ3n) is 4.39. The molecule has 0 radical (unpaired) electrons. The van der Waals surface area contributed by atoms with Gasteiger partial charge in [-0.05, 0) is 50.0 Å². The minimum atomic E-state index is 1.24. The van der Waals surface area contributed by atoms with E-state index in [-0.39, 0.29) is 0 Å². The highest BCUT2D eigenvalue weighted by molar-refractivity contribution is 6.14. The Hall–Kier alpha value is -3.12. The fourth-order valence-corrected chi connectivity index (χ4v) is 3.27. The molecule has 24 heavy (non-hydrogen) atoms. The number of allylic oxidation sites excluding steroid dienone is 4. The Balaban J connectivity index is 2.04. The van der Waals surface area contributed by atoms with Crippen molar-refractivity contribution in [1.29, 1.82) is 0 Å². The molecule has 0 aliphatic heterocycles. The van der Waals surface area contributed by atoms with Gasteiger partial charge in [-0.15, -0.1) is 0 Å². The van der Waals surface area contributed by atoms with E-state index in [1.165, 1.54) is 37.9 Å². The lowest BCUT2D eigenvalue weighted by molar-refractivity contribution is 1.74. The van der Waals surface area contributed by atoms with Crippen molar-refractivity contribution in [2.24, 2.45) is 0 Å². The highest BCUT2D eigenvalue weighted by Crippen LogP contribution is 2.32. The molecule has 0 saturated heterocycles. The second kappa shape index (κ2) is 6.17. The highest BCUT2D eigenvalue weighted by Gasteiger charge is 2.05. The van der Waals surface area contributed by atoms with Gasteiger partial charge in [0.1, 0.15) is 0 Å². The Morgan fingerprint density at radius 1 is 0.625 bits per heavy atom. The van der Waals surface area contributed by atoms with Gasteiger partial charge in [-0.3, -0.25) is 0 Å². The predicted molar refractivity (Wildman–Crippen MR) is 107 cm³/mol. The summed E-state index contributed by atoms with van der Waals surface area (Å²) in [6.07, 6.45) is 9.96. The summed E-state index contributed by atoms with van der Waals surface area (Å²) in [5, 5.41) is 7.73. The van der Waals surface area contributed by atoms with Crippen molar-refractivity contribution in [1.82, 2.24) is 0 Å². The van der Waals surface area contributed by atoms with Crippen molar-refractivity contribution in [2.45, 2.75) is 0 Å². The third-order valence-corrected chi connectivity index (χ3v) is 4.39. The lowest BCUT2D eigenvalue weighted by Gasteiger charge is -2.09. The molecule has 0 unspecified atom stereocenters. The Kier molecular flexibility index (Phi) is 3.72. The molecule has 4 rings (SSSR count). The van der Waals surface area contributed by atoms with E-state index in [1.807, 2.05) is 12.2 Å². The topological polar surface area (TPSA) is 0 Å². The Bertz CT molecular complexity index is 1110. The number of hydrogen-bond acceptors (Lipinski definition) is 0. The van der Waals surface area contributed by atoms with E-state index in [0.717, 1.165) is 0 Å². The van der Waals surface area contributed by atoms with Crippen LogP contribution >= 0.6 is 0 Å². The molecule has 0 N–H and O–H groups in total. The smallest absolute Gasteiger partial charge is 0.00326 e. The fraction of sp³-hybridized carbons (Fsp3) is 0. The van der Waals surface area contributed by atoms with Gasteiger partial charge in [-0.1, -0.05) is 91.6 Å². The monoisotopic (exact) mass is 306 g/mol. The van der Waals surface area contributed by atoms with Crippen molar-refractivity contribution in [2.75, 3.05) is 0 Å². The number of fused-ring (bicyclic) bond motifs is 4. The van der Waals surface area contributed by atoms with E-state index < -0.39 is 0 Å². The maximum atomic E-state index is 3.70. The van der Waals surface area contributed by atoms with E-state index >= 15 is 0 Å². The van der Waals surface area contributed by atoms with Crippen LogP contribution in [0, 0.1) is 0 Å². The molecule has 0 bridgehead atoms. The fourth-order valence-electron chi connectivity index (χ4n) is 3.27. The van der Waals surface area contributed by atoms with Crippen molar-refractivity contribution in [3.63, 3.8) is 0 Å². The molecule has 4 aromatic carbocycles. The van der Waals surface area contributed by atoms with Crippen molar-refractivity contribution in [3.8, 4) is 0 Å². The first-order chi connectivity index (χ1) is 11.9. The van der Waals surface area contributed by atoms with Crippen LogP contribution in [0.4, 0.5) is 0 Å². The molecule has 0 aliphatic carbocycles. The first-order valence-electron chi connectivity index (χ1n) is 8.17. The van der Waals surface area contributed by atoms with E-state index in [9.17, 15) is 0 Å². The van der Waals surface area contributed by atoms with Crippen LogP contribution in [0.3, 0.4) is 0 Å². The molecule has 0 amide bonds. The zero-order valence-electron chi connectivity index (χ0n) is 13.4. The van der Waals surface area contributed by atoms with Crippen LogP contribution in [0.25, 0.3) is 38.4 Å². The summed E-state index contributed by atoms with van der Waals surface area (Å²) >= 11 is 0. The van der Waals surface area contributed by atoms with Crippen molar-refractivity contribution in [3.05, 3.63) is 103 Å². The summed E-state index contributed by atoms with van der Waals surface area (Å²) < 4.78 is 0. The van der Waals surface area contributed by atoms with Gasteiger partial charge in [0.05, 0.1) is 0 Å². The first-order valence-corrected chi connectivity index (χ1v) is 8.17. The summed E-state index contributed by atoms with van der Waals surface area (Å²) in [6, 6.07) is 24.0. The number of benzene rings is 4. The molecule has 0 aromatic heterocycles. The van der Waals surface area contributed by atoms with Crippen LogP contribution in [0.5, 0.6) is 0 Å². The minimum Gasteiger partial charge on any atom is -0.0991 e. The molecule has 0 heteroatoms. The number of rotatable bonds is 3. The molecule has 0 spiro atoms. The molecule has 0 atom stereocenters. The lowest BCUT2D eigenvalue weighted by atomic mass is 9.95. The lowest BCUT2D eigenvalue weighted by Crippen LogP contribution is -1.83. The molecular formula is C24H18. The summed E-state index contributed by atoms with van der Waals surface area (Å²) in [4.78, 5) is 0. The second-order valence-electron chi connectivity index (χ2n) is 5.91. The third kappa shape index (κ3) is 2.53. The van der Waals surface area contributed by atoms with Crippen LogP contribution in [0.15, 0.2) is 97.6 Å². The predicted octanol–water partition coefficient (Wildman–Crippen LogP) is 6.90. The molecule has 0 fully saturated rings. The largest absolute Gasteiger partial charge is 0.0991 e. The van der Waals surface area contributed by atoms with Crippen LogP contribution in [-0.4, -0.2) is 0 Å². The molecule has 0 aliphatic rings. The van der Waals surface area contributed by atoms with Gasteiger partial charge in [-0.25, -0.2) is 0 Å². The molecular weight excluding hydrogens is 288 g/mol. The van der Waals surface area contributed by atoms with Crippen LogP contribution in [0.1, 0.15) is 5.56 Å². The Labute approximate surface area is 142 Å². The maximum absolute atomic E-state index is 3.70. The second-order valence-corrected chi connectivity index (χ2v) is 5.91. The van der Waals surface area contributed by atoms with Gasteiger partial charge in [0, 0.05) is 0 Å². The zero-order chi connectivity index (χ0) is 16.4. The van der Waals surface area contributed by atoms with Crippen LogP contribution in [-0.2, 0) is 0 Å². The molecule has 0 saturated carbocycles. The maximum Gasteiger partial charge on any atom is -0.00326 e.